The fourth-order valence-corrected chi connectivity index (χ4v) is 0.725. The topological polar surface area (TPSA) is 12.0 Å². The first kappa shape index (κ1) is 6.14. The normalized spacial score (nSPS) is 9.11. The maximum atomic E-state index is 5.57. The van der Waals surface area contributed by atoms with Crippen LogP contribution in [0.4, 0.5) is 5.69 Å². The molecule has 1 heteroatoms. The van der Waals surface area contributed by atoms with E-state index in [9.17, 15) is 0 Å². The van der Waals surface area contributed by atoms with E-state index >= 15 is 0 Å². The third-order valence-corrected chi connectivity index (χ3v) is 1.23. The first-order chi connectivity index (χ1) is 4.34. The van der Waals surface area contributed by atoms with Crippen molar-refractivity contribution in [3.63, 3.8) is 0 Å². The smallest absolute Gasteiger partial charge is 0.0373 e. The predicted molar refractivity (Wildman–Crippen MR) is 39.4 cm³/mol. The maximum absolute atomic E-state index is 5.57. The molecule has 46 valence electrons. The molecule has 0 spiro atoms. The van der Waals surface area contributed by atoms with Crippen LogP contribution in [0.25, 0.3) is 0 Å². The van der Waals surface area contributed by atoms with Gasteiger partial charge in [-0.1, -0.05) is 18.2 Å². The van der Waals surface area contributed by atoms with E-state index in [2.05, 4.69) is 5.32 Å². The largest absolute Gasteiger partial charge is 0.388 e. The summed E-state index contributed by atoms with van der Waals surface area (Å²) in [6.45, 7) is 5.57. The minimum absolute atomic E-state index is 0.792. The molecule has 0 bridgehead atoms. The van der Waals surface area contributed by atoms with E-state index in [1.165, 1.54) is 0 Å². The van der Waals surface area contributed by atoms with Crippen molar-refractivity contribution in [2.24, 2.45) is 0 Å². The molecule has 0 heterocycles. The zero-order valence-corrected chi connectivity index (χ0v) is 5.39. The van der Waals surface area contributed by atoms with E-state index < -0.39 is 0 Å². The van der Waals surface area contributed by atoms with Crippen LogP contribution >= 0.6 is 0 Å². The molecule has 1 N–H and O–H groups in total. The van der Waals surface area contributed by atoms with E-state index in [-0.39, 0.29) is 0 Å². The van der Waals surface area contributed by atoms with Crippen LogP contribution in [-0.4, -0.2) is 7.05 Å². The van der Waals surface area contributed by atoms with Gasteiger partial charge in [-0.25, -0.2) is 0 Å². The van der Waals surface area contributed by atoms with E-state index in [1.54, 1.807) is 0 Å². The summed E-state index contributed by atoms with van der Waals surface area (Å²) in [5.74, 6) is 0. The highest BCUT2D eigenvalue weighted by atomic mass is 14.8. The lowest BCUT2D eigenvalue weighted by Crippen LogP contribution is -1.89. The molecule has 2 radical (unpaired) electrons. The summed E-state index contributed by atoms with van der Waals surface area (Å²) in [6.07, 6.45) is 0. The van der Waals surface area contributed by atoms with Crippen LogP contribution < -0.4 is 5.32 Å². The van der Waals surface area contributed by atoms with Crippen LogP contribution in [0.2, 0.25) is 0 Å². The zero-order valence-electron chi connectivity index (χ0n) is 5.39. The number of nitrogens with one attached hydrogen (secondary N) is 1. The van der Waals surface area contributed by atoms with Gasteiger partial charge in [-0.05, 0) is 11.6 Å². The molecule has 1 nitrogen and oxygen atoms in total. The monoisotopic (exact) mass is 119 g/mol. The first-order valence-electron chi connectivity index (χ1n) is 2.87. The standard InChI is InChI=1S/C8H9N/c1-7-5-3-4-6-8(7)9-2/h1,3-6,9H,2H3. The van der Waals surface area contributed by atoms with E-state index in [0.717, 1.165) is 11.3 Å². The summed E-state index contributed by atoms with van der Waals surface area (Å²) < 4.78 is 0. The van der Waals surface area contributed by atoms with Crippen LogP contribution in [0, 0.1) is 6.92 Å². The molecule has 1 rings (SSSR count). The molecule has 0 fully saturated rings. The maximum Gasteiger partial charge on any atom is 0.0373 e. The average Bonchev–Trinajstić information content (AvgIpc) is 1.89. The second-order valence-electron chi connectivity index (χ2n) is 1.84. The van der Waals surface area contributed by atoms with E-state index in [1.807, 2.05) is 31.3 Å². The molecule has 0 saturated heterocycles. The summed E-state index contributed by atoms with van der Waals surface area (Å²) in [5.41, 5.74) is 1.78. The Balaban J connectivity index is 3.01. The Morgan fingerprint density at radius 1 is 1.33 bits per heavy atom. The van der Waals surface area contributed by atoms with Gasteiger partial charge < -0.3 is 5.32 Å². The Labute approximate surface area is 55.7 Å². The van der Waals surface area contributed by atoms with Crippen LogP contribution in [0.15, 0.2) is 24.3 Å². The van der Waals surface area contributed by atoms with Crippen molar-refractivity contribution in [1.82, 2.24) is 0 Å². The SMILES string of the molecule is [CH]c1ccccc1NC. The minimum Gasteiger partial charge on any atom is -0.388 e. The van der Waals surface area contributed by atoms with Crippen molar-refractivity contribution in [3.05, 3.63) is 36.8 Å². The molecule has 0 atom stereocenters. The van der Waals surface area contributed by atoms with Gasteiger partial charge in [-0.2, -0.15) is 0 Å². The van der Waals surface area contributed by atoms with Crippen LogP contribution in [0.3, 0.4) is 0 Å². The van der Waals surface area contributed by atoms with Crippen LogP contribution in [0.1, 0.15) is 5.56 Å². The van der Waals surface area contributed by atoms with Crippen molar-refractivity contribution >= 4 is 5.69 Å². The van der Waals surface area contributed by atoms with Gasteiger partial charge in [0, 0.05) is 19.7 Å². The fraction of sp³-hybridized carbons (Fsp3) is 0.125. The van der Waals surface area contributed by atoms with Gasteiger partial charge in [0.1, 0.15) is 0 Å². The van der Waals surface area contributed by atoms with Gasteiger partial charge in [0.2, 0.25) is 0 Å². The van der Waals surface area contributed by atoms with Gasteiger partial charge in [-0.15, -0.1) is 0 Å². The summed E-state index contributed by atoms with van der Waals surface area (Å²) in [7, 11) is 1.85. The number of benzene rings is 1. The Bertz CT molecular complexity index is 194. The molecule has 0 aliphatic carbocycles. The van der Waals surface area contributed by atoms with Crippen LogP contribution in [0.5, 0.6) is 0 Å². The third kappa shape index (κ3) is 1.22. The minimum atomic E-state index is 0.792. The van der Waals surface area contributed by atoms with Crippen molar-refractivity contribution in [2.45, 2.75) is 0 Å². The second kappa shape index (κ2) is 2.53. The summed E-state index contributed by atoms with van der Waals surface area (Å²) in [6, 6.07) is 7.67. The van der Waals surface area contributed by atoms with E-state index in [0.29, 0.717) is 0 Å². The van der Waals surface area contributed by atoms with Gasteiger partial charge in [0.15, 0.2) is 0 Å². The van der Waals surface area contributed by atoms with Crippen molar-refractivity contribution in [2.75, 3.05) is 12.4 Å². The molecule has 0 aromatic heterocycles. The highest BCUT2D eigenvalue weighted by molar-refractivity contribution is 5.51. The Morgan fingerprint density at radius 3 is 2.44 bits per heavy atom. The third-order valence-electron chi connectivity index (χ3n) is 1.23. The van der Waals surface area contributed by atoms with Gasteiger partial charge in [-0.3, -0.25) is 0 Å². The molecule has 0 saturated carbocycles. The summed E-state index contributed by atoms with van der Waals surface area (Å²) >= 11 is 0. The molecule has 0 aliphatic rings. The fourth-order valence-electron chi connectivity index (χ4n) is 0.725. The highest BCUT2D eigenvalue weighted by Gasteiger charge is 1.88. The summed E-state index contributed by atoms with van der Waals surface area (Å²) in [4.78, 5) is 0. The molecule has 0 amide bonds. The lowest BCUT2D eigenvalue weighted by atomic mass is 10.2. The molecular formula is C8H9N. The number of rotatable bonds is 1. The number of anilines is 1. The van der Waals surface area contributed by atoms with Crippen molar-refractivity contribution in [3.8, 4) is 0 Å². The lowest BCUT2D eigenvalue weighted by molar-refractivity contribution is 1.48. The van der Waals surface area contributed by atoms with Gasteiger partial charge in [0.05, 0.1) is 0 Å². The lowest BCUT2D eigenvalue weighted by Gasteiger charge is -2.01. The quantitative estimate of drug-likeness (QED) is 0.594. The van der Waals surface area contributed by atoms with Crippen molar-refractivity contribution < 1.29 is 0 Å². The summed E-state index contributed by atoms with van der Waals surface area (Å²) in [5, 5.41) is 2.97. The van der Waals surface area contributed by atoms with Gasteiger partial charge >= 0.3 is 0 Å². The van der Waals surface area contributed by atoms with Crippen molar-refractivity contribution in [1.29, 1.82) is 0 Å². The van der Waals surface area contributed by atoms with E-state index in [4.69, 9.17) is 6.92 Å². The molecular weight excluding hydrogens is 110 g/mol. The molecule has 9 heavy (non-hydrogen) atoms. The predicted octanol–water partition coefficient (Wildman–Crippen LogP) is 1.79. The van der Waals surface area contributed by atoms with Crippen LogP contribution in [-0.2, 0) is 0 Å². The average molecular weight is 119 g/mol. The highest BCUT2D eigenvalue weighted by Crippen LogP contribution is 2.10. The number of hydrogen-bond acceptors (Lipinski definition) is 1. The Hall–Kier alpha value is -0.980. The number of para-hydroxylation sites is 1. The Morgan fingerprint density at radius 2 is 2.00 bits per heavy atom. The molecule has 1 aromatic carbocycles. The zero-order chi connectivity index (χ0) is 6.69. The molecule has 0 unspecified atom stereocenters. The number of hydrogen-bond donors (Lipinski definition) is 1. The molecule has 1 aromatic rings. The molecule has 0 aliphatic heterocycles. The Kier molecular flexibility index (Phi) is 1.73. The first-order valence-corrected chi connectivity index (χ1v) is 2.87. The van der Waals surface area contributed by atoms with Gasteiger partial charge in [0.25, 0.3) is 0 Å². The second-order valence-corrected chi connectivity index (χ2v) is 1.84.